The van der Waals surface area contributed by atoms with Crippen molar-refractivity contribution in [2.45, 2.75) is 0 Å². The Bertz CT molecular complexity index is 1780. The first-order valence-electron chi connectivity index (χ1n) is 9.94. The minimum atomic E-state index is -0.285. The Kier molecular flexibility index (Phi) is 2.97. The fourth-order valence-electron chi connectivity index (χ4n) is 4.61. The van der Waals surface area contributed by atoms with Crippen LogP contribution >= 0.6 is 0 Å². The first kappa shape index (κ1) is 16.4. The lowest BCUT2D eigenvalue weighted by Gasteiger charge is -2.13. The van der Waals surface area contributed by atoms with Crippen LogP contribution in [0.5, 0.6) is 0 Å². The van der Waals surface area contributed by atoms with E-state index in [1.807, 2.05) is 48.5 Å². The smallest absolute Gasteiger partial charge is 0.229 e. The van der Waals surface area contributed by atoms with E-state index in [1.165, 1.54) is 0 Å². The summed E-state index contributed by atoms with van der Waals surface area (Å²) < 4.78 is 6.13. The number of hydrogen-bond donors (Lipinski definition) is 0. The predicted molar refractivity (Wildman–Crippen MR) is 118 cm³/mol. The van der Waals surface area contributed by atoms with Gasteiger partial charge in [-0.05, 0) is 12.1 Å². The monoisotopic (exact) mass is 400 g/mol. The lowest BCUT2D eigenvalue weighted by atomic mass is 9.86. The third-order valence-electron chi connectivity index (χ3n) is 5.99. The van der Waals surface area contributed by atoms with Gasteiger partial charge in [0.1, 0.15) is 11.1 Å². The molecule has 0 unspecified atom stereocenters. The van der Waals surface area contributed by atoms with Gasteiger partial charge in [-0.25, -0.2) is 9.97 Å². The van der Waals surface area contributed by atoms with Crippen molar-refractivity contribution in [2.75, 3.05) is 0 Å². The molecule has 1 aliphatic rings. The highest BCUT2D eigenvalue weighted by Crippen LogP contribution is 2.42. The summed E-state index contributed by atoms with van der Waals surface area (Å²) >= 11 is 0. The number of para-hydroxylation sites is 2. The molecule has 1 aliphatic carbocycles. The van der Waals surface area contributed by atoms with Crippen molar-refractivity contribution in [3.05, 3.63) is 95.2 Å². The number of furan rings is 1. The van der Waals surface area contributed by atoms with Crippen LogP contribution in [0.3, 0.4) is 0 Å². The van der Waals surface area contributed by atoms with Crippen LogP contribution in [0.15, 0.2) is 77.2 Å². The van der Waals surface area contributed by atoms with Crippen LogP contribution < -0.4 is 0 Å². The average Bonchev–Trinajstić information content (AvgIpc) is 3.23. The standard InChI is InChI=1S/C26H12N2O3/c29-23-14-8-2-3-9-15(14)24(30)26-20(23)19-22-21(27-17-11-5-6-12-18(17)28-22)13-7-1-4-10-16(13)25(19)31-26/h1-12H. The molecule has 0 bridgehead atoms. The second kappa shape index (κ2) is 5.61. The van der Waals surface area contributed by atoms with Gasteiger partial charge in [0.15, 0.2) is 11.5 Å². The van der Waals surface area contributed by atoms with Gasteiger partial charge >= 0.3 is 0 Å². The lowest BCUT2D eigenvalue weighted by Crippen LogP contribution is -2.19. The van der Waals surface area contributed by atoms with E-state index in [4.69, 9.17) is 14.4 Å². The number of nitrogens with zero attached hydrogens (tertiary/aromatic N) is 2. The van der Waals surface area contributed by atoms with Crippen LogP contribution in [0.25, 0.3) is 43.8 Å². The predicted octanol–water partition coefficient (Wildman–Crippen LogP) is 5.46. The molecule has 0 amide bonds. The molecule has 5 nitrogen and oxygen atoms in total. The van der Waals surface area contributed by atoms with E-state index in [9.17, 15) is 9.59 Å². The summed E-state index contributed by atoms with van der Waals surface area (Å²) in [7, 11) is 0. The van der Waals surface area contributed by atoms with Crippen molar-refractivity contribution >= 4 is 55.4 Å². The van der Waals surface area contributed by atoms with Crippen molar-refractivity contribution in [3.8, 4) is 0 Å². The van der Waals surface area contributed by atoms with E-state index in [-0.39, 0.29) is 22.9 Å². The van der Waals surface area contributed by atoms with Crippen LogP contribution in [0.4, 0.5) is 0 Å². The third-order valence-corrected chi connectivity index (χ3v) is 5.99. The van der Waals surface area contributed by atoms with E-state index in [0.29, 0.717) is 33.1 Å². The highest BCUT2D eigenvalue weighted by atomic mass is 16.3. The highest BCUT2D eigenvalue weighted by molar-refractivity contribution is 6.36. The molecule has 7 rings (SSSR count). The summed E-state index contributed by atoms with van der Waals surface area (Å²) in [6, 6.07) is 22.2. The average molecular weight is 400 g/mol. The fraction of sp³-hybridized carbons (Fsp3) is 0. The Hall–Kier alpha value is -4.38. The van der Waals surface area contributed by atoms with Crippen LogP contribution in [-0.2, 0) is 0 Å². The zero-order valence-corrected chi connectivity index (χ0v) is 16.0. The van der Waals surface area contributed by atoms with E-state index in [0.717, 1.165) is 21.8 Å². The van der Waals surface area contributed by atoms with Crippen molar-refractivity contribution in [1.82, 2.24) is 9.97 Å². The zero-order valence-electron chi connectivity index (χ0n) is 16.0. The normalized spacial score (nSPS) is 13.3. The summed E-state index contributed by atoms with van der Waals surface area (Å²) in [5.74, 6) is -0.436. The minimum absolute atomic E-state index is 0.0753. The second-order valence-electron chi connectivity index (χ2n) is 7.67. The number of aromatic nitrogens is 2. The Labute approximate surface area is 174 Å². The number of rotatable bonds is 0. The van der Waals surface area contributed by atoms with Gasteiger partial charge in [0.05, 0.1) is 27.5 Å². The van der Waals surface area contributed by atoms with Crippen molar-refractivity contribution in [2.24, 2.45) is 0 Å². The molecule has 4 aromatic carbocycles. The number of hydrogen-bond acceptors (Lipinski definition) is 5. The summed E-state index contributed by atoms with van der Waals surface area (Å²) in [5.41, 5.74) is 4.26. The maximum atomic E-state index is 13.5. The van der Waals surface area contributed by atoms with Gasteiger partial charge in [0.2, 0.25) is 5.78 Å². The van der Waals surface area contributed by atoms with E-state index < -0.39 is 0 Å². The molecule has 0 saturated heterocycles. The molecule has 0 radical (unpaired) electrons. The van der Waals surface area contributed by atoms with Crippen LogP contribution in [0.2, 0.25) is 0 Å². The zero-order chi connectivity index (χ0) is 20.7. The lowest BCUT2D eigenvalue weighted by molar-refractivity contribution is 0.0962. The third kappa shape index (κ3) is 2.00. The Morgan fingerprint density at radius 2 is 1.19 bits per heavy atom. The first-order chi connectivity index (χ1) is 15.2. The van der Waals surface area contributed by atoms with Crippen LogP contribution in [0, 0.1) is 0 Å². The summed E-state index contributed by atoms with van der Waals surface area (Å²) in [6.07, 6.45) is 0. The summed E-state index contributed by atoms with van der Waals surface area (Å²) in [5, 5.41) is 2.22. The Morgan fingerprint density at radius 1 is 0.613 bits per heavy atom. The number of benzene rings is 4. The van der Waals surface area contributed by atoms with Gasteiger partial charge in [-0.3, -0.25) is 9.59 Å². The maximum Gasteiger partial charge on any atom is 0.229 e. The van der Waals surface area contributed by atoms with Crippen molar-refractivity contribution in [3.63, 3.8) is 0 Å². The van der Waals surface area contributed by atoms with Gasteiger partial charge in [-0.2, -0.15) is 0 Å². The van der Waals surface area contributed by atoms with Crippen LogP contribution in [-0.4, -0.2) is 21.5 Å². The molecule has 31 heavy (non-hydrogen) atoms. The largest absolute Gasteiger partial charge is 0.451 e. The topological polar surface area (TPSA) is 73.1 Å². The van der Waals surface area contributed by atoms with Crippen molar-refractivity contribution < 1.29 is 14.0 Å². The quantitative estimate of drug-likeness (QED) is 0.250. The molecule has 0 atom stereocenters. The molecule has 2 aromatic heterocycles. The molecule has 0 fully saturated rings. The molecule has 0 spiro atoms. The fourth-order valence-corrected chi connectivity index (χ4v) is 4.61. The molecule has 5 heteroatoms. The molecule has 0 N–H and O–H groups in total. The minimum Gasteiger partial charge on any atom is -0.451 e. The van der Waals surface area contributed by atoms with Gasteiger partial charge in [0.25, 0.3) is 0 Å². The van der Waals surface area contributed by atoms with Crippen LogP contribution in [0.1, 0.15) is 32.0 Å². The Morgan fingerprint density at radius 3 is 1.94 bits per heavy atom. The number of ketones is 2. The SMILES string of the molecule is O=C1c2ccccc2C(=O)c2c1oc1c3ccccc3c3nc4ccccc4nc3c21. The molecular formula is C26H12N2O3. The summed E-state index contributed by atoms with van der Waals surface area (Å²) in [6.45, 7) is 0. The summed E-state index contributed by atoms with van der Waals surface area (Å²) in [4.78, 5) is 36.5. The molecule has 6 aromatic rings. The van der Waals surface area contributed by atoms with Gasteiger partial charge in [-0.15, -0.1) is 0 Å². The van der Waals surface area contributed by atoms with E-state index in [1.54, 1.807) is 24.3 Å². The highest BCUT2D eigenvalue weighted by Gasteiger charge is 2.36. The molecule has 0 saturated carbocycles. The number of fused-ring (bicyclic) bond motifs is 10. The first-order valence-corrected chi connectivity index (χ1v) is 9.94. The van der Waals surface area contributed by atoms with Gasteiger partial charge in [-0.1, -0.05) is 60.7 Å². The molecule has 2 heterocycles. The second-order valence-corrected chi connectivity index (χ2v) is 7.67. The number of carbonyl (C=O) groups is 2. The molecule has 144 valence electrons. The number of carbonyl (C=O) groups excluding carboxylic acids is 2. The maximum absolute atomic E-state index is 13.5. The van der Waals surface area contributed by atoms with Crippen molar-refractivity contribution in [1.29, 1.82) is 0 Å². The van der Waals surface area contributed by atoms with E-state index >= 15 is 0 Å². The van der Waals surface area contributed by atoms with E-state index in [2.05, 4.69) is 0 Å². The van der Waals surface area contributed by atoms with Gasteiger partial charge < -0.3 is 4.42 Å². The van der Waals surface area contributed by atoms with Gasteiger partial charge in [0, 0.05) is 21.9 Å². The molecule has 0 aliphatic heterocycles. The Balaban J connectivity index is 1.76. The molecular weight excluding hydrogens is 388 g/mol.